The summed E-state index contributed by atoms with van der Waals surface area (Å²) in [5.41, 5.74) is 10.6. The van der Waals surface area contributed by atoms with E-state index < -0.39 is 0 Å². The number of nitrogens with two attached hydrogens (primary N) is 1. The molecule has 1 aliphatic carbocycles. The van der Waals surface area contributed by atoms with Gasteiger partial charge in [0.15, 0.2) is 0 Å². The summed E-state index contributed by atoms with van der Waals surface area (Å²) < 4.78 is 5.78. The molecular weight excluding hydrogens is 286 g/mol. The van der Waals surface area contributed by atoms with Gasteiger partial charge in [0.05, 0.1) is 6.61 Å². The number of hydrogen-bond donors (Lipinski definition) is 1. The second kappa shape index (κ2) is 6.70. The summed E-state index contributed by atoms with van der Waals surface area (Å²) in [5, 5.41) is 9.64. The van der Waals surface area contributed by atoms with Crippen molar-refractivity contribution in [2.45, 2.75) is 39.0 Å². The van der Waals surface area contributed by atoms with Crippen LogP contribution in [-0.2, 0) is 12.8 Å². The molecule has 0 radical (unpaired) electrons. The molecule has 118 valence electrons. The first-order chi connectivity index (χ1) is 11.3. The lowest BCUT2D eigenvalue weighted by molar-refractivity contribution is 0.341. The molecule has 0 saturated heterocycles. The lowest BCUT2D eigenvalue weighted by Crippen LogP contribution is -2.07. The Labute approximate surface area is 136 Å². The number of ether oxygens (including phenoxy) is 1. The maximum atomic E-state index is 9.64. The zero-order valence-corrected chi connectivity index (χ0v) is 13.4. The number of nitrogen functional groups attached to an aromatic ring is 1. The molecule has 1 aliphatic rings. The van der Waals surface area contributed by atoms with Crippen LogP contribution in [-0.4, -0.2) is 11.6 Å². The van der Waals surface area contributed by atoms with Gasteiger partial charge in [-0.25, -0.2) is 4.98 Å². The van der Waals surface area contributed by atoms with E-state index in [1.165, 1.54) is 12.0 Å². The molecule has 0 spiro atoms. The Morgan fingerprint density at radius 1 is 1.22 bits per heavy atom. The van der Waals surface area contributed by atoms with Gasteiger partial charge in [-0.3, -0.25) is 0 Å². The van der Waals surface area contributed by atoms with Crippen LogP contribution in [0.2, 0.25) is 0 Å². The van der Waals surface area contributed by atoms with Gasteiger partial charge >= 0.3 is 0 Å². The van der Waals surface area contributed by atoms with Gasteiger partial charge in [-0.05, 0) is 44.2 Å². The third-order valence-electron chi connectivity index (χ3n) is 4.32. The van der Waals surface area contributed by atoms with Crippen LogP contribution in [0.15, 0.2) is 24.3 Å². The lowest BCUT2D eigenvalue weighted by Gasteiger charge is -2.18. The summed E-state index contributed by atoms with van der Waals surface area (Å²) in [6.45, 7) is 2.55. The number of aromatic nitrogens is 1. The Bertz CT molecular complexity index is 762. The van der Waals surface area contributed by atoms with Crippen LogP contribution >= 0.6 is 0 Å². The first-order valence-corrected chi connectivity index (χ1v) is 8.19. The monoisotopic (exact) mass is 307 g/mol. The highest BCUT2D eigenvalue weighted by Gasteiger charge is 2.23. The molecule has 1 aromatic carbocycles. The molecule has 3 rings (SSSR count). The number of fused-ring (bicyclic) bond motifs is 1. The molecule has 2 aromatic rings. The highest BCUT2D eigenvalue weighted by atomic mass is 16.5. The number of pyridine rings is 1. The third-order valence-corrected chi connectivity index (χ3v) is 4.32. The molecule has 0 bridgehead atoms. The molecule has 1 heterocycles. The molecule has 0 aliphatic heterocycles. The van der Waals surface area contributed by atoms with Gasteiger partial charge < -0.3 is 10.5 Å². The normalized spacial score (nSPS) is 13.7. The summed E-state index contributed by atoms with van der Waals surface area (Å²) in [6.07, 6.45) is 5.29. The van der Waals surface area contributed by atoms with E-state index in [4.69, 9.17) is 10.5 Å². The van der Waals surface area contributed by atoms with Gasteiger partial charge in [0.25, 0.3) is 0 Å². The second-order valence-electron chi connectivity index (χ2n) is 5.77. The van der Waals surface area contributed by atoms with E-state index >= 15 is 0 Å². The quantitative estimate of drug-likeness (QED) is 0.874. The van der Waals surface area contributed by atoms with Crippen LogP contribution < -0.4 is 10.5 Å². The Kier molecular flexibility index (Phi) is 4.47. The van der Waals surface area contributed by atoms with E-state index in [0.29, 0.717) is 18.0 Å². The molecule has 0 fully saturated rings. The van der Waals surface area contributed by atoms with E-state index in [9.17, 15) is 5.26 Å². The first kappa shape index (κ1) is 15.4. The van der Waals surface area contributed by atoms with Gasteiger partial charge in [0, 0.05) is 16.8 Å². The van der Waals surface area contributed by atoms with Gasteiger partial charge in [0.2, 0.25) is 0 Å². The largest absolute Gasteiger partial charge is 0.493 e. The van der Waals surface area contributed by atoms with Gasteiger partial charge in [-0.2, -0.15) is 5.26 Å². The summed E-state index contributed by atoms with van der Waals surface area (Å²) >= 11 is 0. The highest BCUT2D eigenvalue weighted by Crippen LogP contribution is 2.39. The molecule has 2 N–H and O–H groups in total. The topological polar surface area (TPSA) is 71.9 Å². The van der Waals surface area contributed by atoms with Gasteiger partial charge in [-0.1, -0.05) is 24.6 Å². The van der Waals surface area contributed by atoms with Crippen LogP contribution in [0.5, 0.6) is 5.75 Å². The van der Waals surface area contributed by atoms with Gasteiger partial charge in [-0.15, -0.1) is 0 Å². The number of para-hydroxylation sites is 1. The fourth-order valence-electron chi connectivity index (χ4n) is 3.30. The molecule has 23 heavy (non-hydrogen) atoms. The minimum atomic E-state index is 0.328. The summed E-state index contributed by atoms with van der Waals surface area (Å²) in [6, 6.07) is 10.1. The first-order valence-electron chi connectivity index (χ1n) is 8.19. The zero-order chi connectivity index (χ0) is 16.2. The molecule has 0 atom stereocenters. The number of hydrogen-bond acceptors (Lipinski definition) is 4. The third kappa shape index (κ3) is 2.87. The average molecular weight is 307 g/mol. The maximum Gasteiger partial charge on any atom is 0.142 e. The minimum absolute atomic E-state index is 0.328. The molecule has 0 unspecified atom stereocenters. The van der Waals surface area contributed by atoms with Crippen LogP contribution in [0, 0.1) is 11.3 Å². The standard InChI is InChI=1S/C19H21N3O/c1-2-23-17-11-7-6-9-14(17)18-13-8-4-3-5-10-16(13)22-19(21)15(18)12-20/h6-7,9,11H,2-5,8,10H2,1H3,(H2,21,22). The predicted molar refractivity (Wildman–Crippen MR) is 91.2 cm³/mol. The number of benzene rings is 1. The van der Waals surface area contributed by atoms with Crippen molar-refractivity contribution in [1.29, 1.82) is 5.26 Å². The van der Waals surface area contributed by atoms with Crippen molar-refractivity contribution >= 4 is 5.82 Å². The molecule has 4 nitrogen and oxygen atoms in total. The van der Waals surface area contributed by atoms with E-state index in [1.54, 1.807) is 0 Å². The minimum Gasteiger partial charge on any atom is -0.493 e. The van der Waals surface area contributed by atoms with Crippen LogP contribution in [0.1, 0.15) is 43.0 Å². The van der Waals surface area contributed by atoms with Crippen molar-refractivity contribution in [3.05, 3.63) is 41.1 Å². The van der Waals surface area contributed by atoms with Crippen molar-refractivity contribution in [3.63, 3.8) is 0 Å². The Balaban J connectivity index is 2.30. The van der Waals surface area contributed by atoms with Gasteiger partial charge in [0.1, 0.15) is 23.2 Å². The van der Waals surface area contributed by atoms with Crippen molar-refractivity contribution in [1.82, 2.24) is 4.98 Å². The second-order valence-corrected chi connectivity index (χ2v) is 5.77. The summed E-state index contributed by atoms with van der Waals surface area (Å²) in [7, 11) is 0. The number of nitrogens with zero attached hydrogens (tertiary/aromatic N) is 2. The Morgan fingerprint density at radius 3 is 2.78 bits per heavy atom. The van der Waals surface area contributed by atoms with E-state index in [2.05, 4.69) is 11.1 Å². The number of aryl methyl sites for hydroxylation is 1. The van der Waals surface area contributed by atoms with Crippen molar-refractivity contribution in [2.75, 3.05) is 12.3 Å². The Hall–Kier alpha value is -2.54. The highest BCUT2D eigenvalue weighted by molar-refractivity contribution is 5.82. The maximum absolute atomic E-state index is 9.64. The zero-order valence-electron chi connectivity index (χ0n) is 13.4. The van der Waals surface area contributed by atoms with Crippen LogP contribution in [0.3, 0.4) is 0 Å². The lowest BCUT2D eigenvalue weighted by atomic mass is 9.91. The molecule has 0 amide bonds. The van der Waals surface area contributed by atoms with Crippen molar-refractivity contribution < 1.29 is 4.74 Å². The van der Waals surface area contributed by atoms with E-state index in [0.717, 1.165) is 48.3 Å². The number of anilines is 1. The molecule has 4 heteroatoms. The predicted octanol–water partition coefficient (Wildman–Crippen LogP) is 3.87. The molecule has 0 saturated carbocycles. The smallest absolute Gasteiger partial charge is 0.142 e. The number of rotatable bonds is 3. The van der Waals surface area contributed by atoms with Crippen LogP contribution in [0.4, 0.5) is 5.82 Å². The SMILES string of the molecule is CCOc1ccccc1-c1c(C#N)c(N)nc2c1CCCCC2. The fourth-order valence-corrected chi connectivity index (χ4v) is 3.30. The van der Waals surface area contributed by atoms with E-state index in [-0.39, 0.29) is 0 Å². The average Bonchev–Trinajstić information content (AvgIpc) is 2.79. The number of nitriles is 1. The van der Waals surface area contributed by atoms with Crippen molar-refractivity contribution in [2.24, 2.45) is 0 Å². The van der Waals surface area contributed by atoms with Crippen molar-refractivity contribution in [3.8, 4) is 22.9 Å². The Morgan fingerprint density at radius 2 is 2.00 bits per heavy atom. The summed E-state index contributed by atoms with van der Waals surface area (Å²) in [4.78, 5) is 4.52. The van der Waals surface area contributed by atoms with Crippen LogP contribution in [0.25, 0.3) is 11.1 Å². The molecular formula is C19H21N3O. The molecule has 1 aromatic heterocycles. The summed E-state index contributed by atoms with van der Waals surface area (Å²) in [5.74, 6) is 1.12. The van der Waals surface area contributed by atoms with E-state index in [1.807, 2.05) is 31.2 Å². The fraction of sp³-hybridized carbons (Fsp3) is 0.368.